The number of nitrogens with two attached hydrogens (primary N) is 1. The number of carbonyl (C=O) groups excluding carboxylic acids is 1. The fraction of sp³-hybridized carbons (Fsp3) is 0.208. The van der Waals surface area contributed by atoms with Gasteiger partial charge in [0, 0.05) is 42.7 Å². The van der Waals surface area contributed by atoms with Crippen molar-refractivity contribution in [1.82, 2.24) is 25.3 Å². The number of rotatable bonds is 7. The van der Waals surface area contributed by atoms with Crippen molar-refractivity contribution in [1.29, 1.82) is 0 Å². The van der Waals surface area contributed by atoms with E-state index in [1.807, 2.05) is 13.0 Å². The van der Waals surface area contributed by atoms with Crippen molar-refractivity contribution < 1.29 is 13.9 Å². The number of hydrogen-bond donors (Lipinski definition) is 3. The third-order valence-corrected chi connectivity index (χ3v) is 5.49. The quantitative estimate of drug-likeness (QED) is 0.355. The Kier molecular flexibility index (Phi) is 8.02. The van der Waals surface area contributed by atoms with Gasteiger partial charge >= 0.3 is 0 Å². The highest BCUT2D eigenvalue weighted by atomic mass is 32.1. The van der Waals surface area contributed by atoms with Crippen molar-refractivity contribution in [2.45, 2.75) is 12.8 Å². The van der Waals surface area contributed by atoms with Crippen LogP contribution in [0.25, 0.3) is 22.2 Å². The fourth-order valence-electron chi connectivity index (χ4n) is 3.73. The van der Waals surface area contributed by atoms with E-state index >= 15 is 0 Å². The van der Waals surface area contributed by atoms with Gasteiger partial charge in [0.25, 0.3) is 5.91 Å². The lowest BCUT2D eigenvalue weighted by Crippen LogP contribution is -2.20. The van der Waals surface area contributed by atoms with E-state index in [4.69, 9.17) is 10.5 Å². The van der Waals surface area contributed by atoms with Crippen LogP contribution in [-0.4, -0.2) is 46.5 Å². The molecule has 11 heteroatoms. The Morgan fingerprint density at radius 1 is 1.17 bits per heavy atom. The molecule has 4 N–H and O–H groups in total. The molecule has 0 aliphatic rings. The molecule has 0 saturated carbocycles. The molecule has 0 fully saturated rings. The van der Waals surface area contributed by atoms with E-state index in [0.717, 1.165) is 17.3 Å². The zero-order valence-corrected chi connectivity index (χ0v) is 20.5. The summed E-state index contributed by atoms with van der Waals surface area (Å²) >= 11 is 0. The van der Waals surface area contributed by atoms with Crippen LogP contribution in [0.2, 0.25) is 0 Å². The largest absolute Gasteiger partial charge is 0.480 e. The molecular weight excluding hydrogens is 469 g/mol. The Morgan fingerprint density at radius 3 is 2.69 bits per heavy atom. The molecule has 3 aromatic heterocycles. The second-order valence-corrected chi connectivity index (χ2v) is 7.70. The van der Waals surface area contributed by atoms with Crippen molar-refractivity contribution in [3.05, 3.63) is 66.0 Å². The van der Waals surface area contributed by atoms with Gasteiger partial charge in [-0.2, -0.15) is 13.5 Å². The highest BCUT2D eigenvalue weighted by Crippen LogP contribution is 2.29. The normalized spacial score (nSPS) is 11.4. The number of benzene rings is 1. The summed E-state index contributed by atoms with van der Waals surface area (Å²) in [6.45, 7) is 2.54. The number of methoxy groups -OCH3 is 1. The van der Waals surface area contributed by atoms with Gasteiger partial charge in [-0.15, -0.1) is 0 Å². The topological polar surface area (TPSA) is 128 Å². The first kappa shape index (κ1) is 25.6. The van der Waals surface area contributed by atoms with Gasteiger partial charge in [0.2, 0.25) is 5.88 Å². The number of nitrogen functional groups attached to an aromatic ring is 1. The number of anilines is 2. The second-order valence-electron chi connectivity index (χ2n) is 7.70. The Morgan fingerprint density at radius 2 is 1.97 bits per heavy atom. The summed E-state index contributed by atoms with van der Waals surface area (Å²) < 4.78 is 19.4. The van der Waals surface area contributed by atoms with Crippen LogP contribution in [0.1, 0.15) is 28.8 Å². The third kappa shape index (κ3) is 5.24. The maximum absolute atomic E-state index is 14.3. The summed E-state index contributed by atoms with van der Waals surface area (Å²) in [6, 6.07) is 8.96. The van der Waals surface area contributed by atoms with E-state index in [0.29, 0.717) is 40.5 Å². The SMILES string of the molecule is CNC(=O)c1c(F)cnc2c([C@H](C)CNc3cc(-c4cnc(OC)c(N)c4)ncn3)cccc12.S. The van der Waals surface area contributed by atoms with E-state index in [1.165, 1.54) is 20.5 Å². The Bertz CT molecular complexity index is 1370. The molecule has 0 aliphatic heterocycles. The predicted octanol–water partition coefficient (Wildman–Crippen LogP) is 3.50. The lowest BCUT2D eigenvalue weighted by atomic mass is 9.96. The fourth-order valence-corrected chi connectivity index (χ4v) is 3.73. The number of ether oxygens (including phenoxy) is 1. The van der Waals surface area contributed by atoms with E-state index in [2.05, 4.69) is 30.6 Å². The molecule has 9 nitrogen and oxygen atoms in total. The minimum Gasteiger partial charge on any atom is -0.480 e. The van der Waals surface area contributed by atoms with Crippen LogP contribution in [0.5, 0.6) is 5.88 Å². The van der Waals surface area contributed by atoms with Gasteiger partial charge in [0.15, 0.2) is 5.82 Å². The highest BCUT2D eigenvalue weighted by Gasteiger charge is 2.19. The van der Waals surface area contributed by atoms with Gasteiger partial charge in [0.1, 0.15) is 12.1 Å². The van der Waals surface area contributed by atoms with Crippen molar-refractivity contribution in [2.24, 2.45) is 0 Å². The van der Waals surface area contributed by atoms with Crippen molar-refractivity contribution in [3.8, 4) is 17.1 Å². The Hall–Kier alpha value is -3.99. The van der Waals surface area contributed by atoms with Gasteiger partial charge in [-0.1, -0.05) is 25.1 Å². The van der Waals surface area contributed by atoms with Crippen LogP contribution in [0, 0.1) is 5.82 Å². The molecule has 3 heterocycles. The molecule has 4 rings (SSSR count). The van der Waals surface area contributed by atoms with Crippen molar-refractivity contribution in [3.63, 3.8) is 0 Å². The summed E-state index contributed by atoms with van der Waals surface area (Å²) in [6.07, 6.45) is 4.18. The van der Waals surface area contributed by atoms with Gasteiger partial charge in [-0.3, -0.25) is 9.78 Å². The summed E-state index contributed by atoms with van der Waals surface area (Å²) in [5.41, 5.74) is 9.23. The first-order chi connectivity index (χ1) is 16.4. The standard InChI is InChI=1S/C24H24FN7O2.H2S/c1-13(15-5-4-6-16-21(23(33)27-2)17(25)11-29-22(15)16)9-28-20-8-19(31-12-32-20)14-7-18(26)24(34-3)30-10-14;/h4-8,10-13H,9,26H2,1-3H3,(H,27,33)(H,28,31,32);1H2/t13-;/m1./s1. The molecule has 0 bridgehead atoms. The van der Waals surface area contributed by atoms with Crippen LogP contribution in [0.4, 0.5) is 15.9 Å². The zero-order valence-electron chi connectivity index (χ0n) is 19.5. The molecule has 35 heavy (non-hydrogen) atoms. The van der Waals surface area contributed by atoms with Crippen LogP contribution >= 0.6 is 13.5 Å². The number of hydrogen-bond acceptors (Lipinski definition) is 8. The van der Waals surface area contributed by atoms with Gasteiger partial charge in [-0.25, -0.2) is 19.3 Å². The first-order valence-electron chi connectivity index (χ1n) is 10.6. The number of fused-ring (bicyclic) bond motifs is 1. The van der Waals surface area contributed by atoms with E-state index in [1.54, 1.807) is 30.5 Å². The number of nitrogens with zero attached hydrogens (tertiary/aromatic N) is 4. The summed E-state index contributed by atoms with van der Waals surface area (Å²) in [4.78, 5) is 29.3. The van der Waals surface area contributed by atoms with Gasteiger partial charge in [0.05, 0.1) is 35.8 Å². The molecule has 1 atom stereocenters. The average Bonchev–Trinajstić information content (AvgIpc) is 2.86. The molecular formula is C24H26FN7O2S. The molecule has 0 saturated heterocycles. The summed E-state index contributed by atoms with van der Waals surface area (Å²) in [7, 11) is 2.98. The molecule has 4 aromatic rings. The van der Waals surface area contributed by atoms with E-state index in [9.17, 15) is 9.18 Å². The lowest BCUT2D eigenvalue weighted by Gasteiger charge is -2.17. The number of nitrogens with one attached hydrogen (secondary N) is 2. The maximum atomic E-state index is 14.3. The molecule has 1 aromatic carbocycles. The smallest absolute Gasteiger partial charge is 0.254 e. The van der Waals surface area contributed by atoms with Crippen molar-refractivity contribution >= 4 is 41.8 Å². The Labute approximate surface area is 208 Å². The molecule has 0 unspecified atom stereocenters. The minimum atomic E-state index is -0.656. The molecule has 0 aliphatic carbocycles. The first-order valence-corrected chi connectivity index (χ1v) is 10.6. The highest BCUT2D eigenvalue weighted by molar-refractivity contribution is 7.59. The molecule has 1 amide bonds. The lowest BCUT2D eigenvalue weighted by molar-refractivity contribution is 0.0960. The van der Waals surface area contributed by atoms with Crippen LogP contribution < -0.4 is 21.1 Å². The number of carbonyl (C=O) groups is 1. The summed E-state index contributed by atoms with van der Waals surface area (Å²) in [5, 5.41) is 6.26. The number of halogens is 1. The molecule has 0 radical (unpaired) electrons. The van der Waals surface area contributed by atoms with Gasteiger partial charge in [-0.05, 0) is 11.6 Å². The molecule has 182 valence electrons. The van der Waals surface area contributed by atoms with E-state index in [-0.39, 0.29) is 25.0 Å². The van der Waals surface area contributed by atoms with Crippen LogP contribution in [0.15, 0.2) is 49.1 Å². The minimum absolute atomic E-state index is 0. The van der Waals surface area contributed by atoms with Crippen LogP contribution in [0.3, 0.4) is 0 Å². The maximum Gasteiger partial charge on any atom is 0.254 e. The average molecular weight is 496 g/mol. The summed E-state index contributed by atoms with van der Waals surface area (Å²) in [5.74, 6) is -0.187. The number of aromatic nitrogens is 4. The molecule has 0 spiro atoms. The second kappa shape index (κ2) is 11.0. The Balaban J connectivity index is 0.00000342. The van der Waals surface area contributed by atoms with Gasteiger partial charge < -0.3 is 21.1 Å². The van der Waals surface area contributed by atoms with E-state index < -0.39 is 11.7 Å². The van der Waals surface area contributed by atoms with Crippen molar-refractivity contribution in [2.75, 3.05) is 31.8 Å². The third-order valence-electron chi connectivity index (χ3n) is 5.49. The van der Waals surface area contributed by atoms with Crippen LogP contribution in [-0.2, 0) is 0 Å². The number of para-hydroxylation sites is 1. The number of amides is 1. The zero-order chi connectivity index (χ0) is 24.2. The number of pyridine rings is 2. The predicted molar refractivity (Wildman–Crippen MR) is 139 cm³/mol. The monoisotopic (exact) mass is 495 g/mol.